The van der Waals surface area contributed by atoms with Crippen LogP contribution >= 0.6 is 0 Å². The molecule has 2 aromatic rings. The molecule has 2 unspecified atom stereocenters. The van der Waals surface area contributed by atoms with Gasteiger partial charge in [0.1, 0.15) is 0 Å². The number of likely N-dealkylation sites (tertiary alicyclic amines) is 1. The predicted octanol–water partition coefficient (Wildman–Crippen LogP) is 2.95. The predicted molar refractivity (Wildman–Crippen MR) is 119 cm³/mol. The molecule has 166 valence electrons. The van der Waals surface area contributed by atoms with Gasteiger partial charge in [-0.1, -0.05) is 35.5 Å². The van der Waals surface area contributed by atoms with Gasteiger partial charge in [0.2, 0.25) is 5.91 Å². The van der Waals surface area contributed by atoms with Crippen LogP contribution < -0.4 is 10.2 Å². The van der Waals surface area contributed by atoms with Gasteiger partial charge in [0.15, 0.2) is 5.82 Å². The van der Waals surface area contributed by atoms with Crippen molar-refractivity contribution >= 4 is 11.9 Å². The van der Waals surface area contributed by atoms with Gasteiger partial charge in [-0.15, -0.1) is 0 Å². The first-order valence-electron chi connectivity index (χ1n) is 11.7. The number of carbonyl (C=O) groups is 1. The lowest BCUT2D eigenvalue weighted by Crippen LogP contribution is -2.50. The first-order valence-corrected chi connectivity index (χ1v) is 11.7. The van der Waals surface area contributed by atoms with Crippen molar-refractivity contribution < 1.29 is 9.32 Å². The quantitative estimate of drug-likeness (QED) is 0.815. The van der Waals surface area contributed by atoms with Crippen molar-refractivity contribution in [3.05, 3.63) is 41.7 Å². The van der Waals surface area contributed by atoms with Crippen molar-refractivity contribution in [2.75, 3.05) is 31.1 Å². The molecule has 0 radical (unpaired) electrons. The Hall–Kier alpha value is -2.41. The number of rotatable bonds is 4. The molecule has 1 aromatic carbocycles. The van der Waals surface area contributed by atoms with Gasteiger partial charge < -0.3 is 19.6 Å². The van der Waals surface area contributed by atoms with Gasteiger partial charge in [0.05, 0.1) is 0 Å². The number of nitrogens with zero attached hydrogens (tertiary/aromatic N) is 4. The number of piperidine rings is 1. The van der Waals surface area contributed by atoms with E-state index in [1.165, 1.54) is 12.0 Å². The van der Waals surface area contributed by atoms with Crippen LogP contribution in [0, 0.1) is 12.3 Å². The summed E-state index contributed by atoms with van der Waals surface area (Å²) in [6.07, 6.45) is 7.31. The van der Waals surface area contributed by atoms with E-state index in [0.717, 1.165) is 58.3 Å². The summed E-state index contributed by atoms with van der Waals surface area (Å²) in [6, 6.07) is 12.1. The third kappa shape index (κ3) is 4.33. The van der Waals surface area contributed by atoms with Crippen molar-refractivity contribution in [2.45, 2.75) is 64.0 Å². The van der Waals surface area contributed by atoms with E-state index in [2.05, 4.69) is 55.6 Å². The SMILES string of the molecule is Cc1noc(N2CCCC(N3CCC4(CC3)CC(=O)NC4Cc3ccccc3)CC2)n1. The number of amides is 1. The van der Waals surface area contributed by atoms with E-state index in [0.29, 0.717) is 24.3 Å². The standard InChI is InChI=1S/C24H33N5O2/c1-18-25-23(31-27-18)29-12-5-8-20(9-13-29)28-14-10-24(11-15-28)17-22(30)26-21(24)16-19-6-3-2-4-7-19/h2-4,6-7,20-21H,5,8-17H2,1H3,(H,26,30). The Balaban J connectivity index is 1.20. The largest absolute Gasteiger partial charge is 0.352 e. The maximum Gasteiger partial charge on any atom is 0.324 e. The van der Waals surface area contributed by atoms with E-state index in [-0.39, 0.29) is 17.4 Å². The molecule has 0 aliphatic carbocycles. The molecule has 0 bridgehead atoms. The lowest BCUT2D eigenvalue weighted by atomic mass is 9.70. The molecule has 1 N–H and O–H groups in total. The Morgan fingerprint density at radius 1 is 1.13 bits per heavy atom. The lowest BCUT2D eigenvalue weighted by molar-refractivity contribution is -0.120. The topological polar surface area (TPSA) is 74.5 Å². The van der Waals surface area contributed by atoms with E-state index in [4.69, 9.17) is 4.52 Å². The average molecular weight is 424 g/mol. The van der Waals surface area contributed by atoms with Gasteiger partial charge in [0.25, 0.3) is 0 Å². The number of aromatic nitrogens is 2. The molecule has 3 saturated heterocycles. The maximum absolute atomic E-state index is 12.4. The normalized spacial score (nSPS) is 26.7. The van der Waals surface area contributed by atoms with Crippen molar-refractivity contribution in [1.82, 2.24) is 20.4 Å². The first-order chi connectivity index (χ1) is 15.1. The Morgan fingerprint density at radius 3 is 2.68 bits per heavy atom. The molecule has 3 fully saturated rings. The summed E-state index contributed by atoms with van der Waals surface area (Å²) in [4.78, 5) is 21.7. The zero-order chi connectivity index (χ0) is 21.3. The number of aryl methyl sites for hydroxylation is 1. The first kappa shape index (κ1) is 20.5. The van der Waals surface area contributed by atoms with Crippen molar-refractivity contribution in [3.63, 3.8) is 0 Å². The van der Waals surface area contributed by atoms with Gasteiger partial charge in [-0.25, -0.2) is 0 Å². The third-order valence-electron chi connectivity index (χ3n) is 7.66. The monoisotopic (exact) mass is 423 g/mol. The fourth-order valence-electron chi connectivity index (χ4n) is 5.87. The number of carbonyl (C=O) groups excluding carboxylic acids is 1. The molecule has 3 aliphatic rings. The zero-order valence-corrected chi connectivity index (χ0v) is 18.4. The zero-order valence-electron chi connectivity index (χ0n) is 18.4. The summed E-state index contributed by atoms with van der Waals surface area (Å²) in [5, 5.41) is 7.25. The van der Waals surface area contributed by atoms with Crippen molar-refractivity contribution in [2.24, 2.45) is 5.41 Å². The third-order valence-corrected chi connectivity index (χ3v) is 7.66. The van der Waals surface area contributed by atoms with E-state index < -0.39 is 0 Å². The maximum atomic E-state index is 12.4. The minimum Gasteiger partial charge on any atom is -0.352 e. The van der Waals surface area contributed by atoms with Crippen LogP contribution in [-0.4, -0.2) is 59.2 Å². The van der Waals surface area contributed by atoms with Crippen LogP contribution in [0.25, 0.3) is 0 Å². The fourth-order valence-corrected chi connectivity index (χ4v) is 5.87. The highest BCUT2D eigenvalue weighted by Gasteiger charge is 2.48. The second kappa shape index (κ2) is 8.61. The average Bonchev–Trinajstić information content (AvgIpc) is 3.22. The van der Waals surface area contributed by atoms with Crippen LogP contribution in [0.15, 0.2) is 34.9 Å². The number of nitrogens with one attached hydrogen (secondary N) is 1. The molecule has 1 spiro atoms. The lowest BCUT2D eigenvalue weighted by Gasteiger charge is -2.44. The Kier molecular flexibility index (Phi) is 5.69. The summed E-state index contributed by atoms with van der Waals surface area (Å²) in [5.74, 6) is 0.927. The van der Waals surface area contributed by atoms with Gasteiger partial charge >= 0.3 is 6.01 Å². The van der Waals surface area contributed by atoms with E-state index in [1.54, 1.807) is 0 Å². The Bertz CT molecular complexity index is 890. The number of hydrogen-bond donors (Lipinski definition) is 1. The molecule has 31 heavy (non-hydrogen) atoms. The van der Waals surface area contributed by atoms with Crippen LogP contribution in [0.2, 0.25) is 0 Å². The summed E-state index contributed by atoms with van der Waals surface area (Å²) < 4.78 is 5.39. The molecule has 5 rings (SSSR count). The molecule has 4 heterocycles. The van der Waals surface area contributed by atoms with E-state index >= 15 is 0 Å². The summed E-state index contributed by atoms with van der Waals surface area (Å²) in [7, 11) is 0. The molecule has 1 amide bonds. The highest BCUT2D eigenvalue weighted by atomic mass is 16.5. The van der Waals surface area contributed by atoms with Crippen LogP contribution in [-0.2, 0) is 11.2 Å². The fraction of sp³-hybridized carbons (Fsp3) is 0.625. The van der Waals surface area contributed by atoms with Gasteiger partial charge in [-0.05, 0) is 64.1 Å². The van der Waals surface area contributed by atoms with Gasteiger partial charge in [-0.3, -0.25) is 4.79 Å². The number of anilines is 1. The van der Waals surface area contributed by atoms with Crippen LogP contribution in [0.5, 0.6) is 0 Å². The molecule has 3 aliphatic heterocycles. The van der Waals surface area contributed by atoms with E-state index in [1.807, 2.05) is 6.92 Å². The smallest absolute Gasteiger partial charge is 0.324 e. The van der Waals surface area contributed by atoms with Gasteiger partial charge in [0, 0.05) is 37.0 Å². The Morgan fingerprint density at radius 2 is 1.94 bits per heavy atom. The highest BCUT2D eigenvalue weighted by molar-refractivity contribution is 5.80. The minimum atomic E-state index is 0.113. The van der Waals surface area contributed by atoms with Crippen molar-refractivity contribution in [3.8, 4) is 0 Å². The van der Waals surface area contributed by atoms with Crippen LogP contribution in [0.4, 0.5) is 6.01 Å². The molecule has 0 saturated carbocycles. The summed E-state index contributed by atoms with van der Waals surface area (Å²) in [5.41, 5.74) is 1.43. The van der Waals surface area contributed by atoms with Crippen molar-refractivity contribution in [1.29, 1.82) is 0 Å². The minimum absolute atomic E-state index is 0.113. The number of benzene rings is 1. The second-order valence-corrected chi connectivity index (χ2v) is 9.58. The van der Waals surface area contributed by atoms with Crippen LogP contribution in [0.1, 0.15) is 49.9 Å². The van der Waals surface area contributed by atoms with Crippen LogP contribution in [0.3, 0.4) is 0 Å². The van der Waals surface area contributed by atoms with Gasteiger partial charge in [-0.2, -0.15) is 4.98 Å². The molecular formula is C24H33N5O2. The highest BCUT2D eigenvalue weighted by Crippen LogP contribution is 2.44. The molecule has 7 heteroatoms. The second-order valence-electron chi connectivity index (χ2n) is 9.58. The summed E-state index contributed by atoms with van der Waals surface area (Å²) in [6.45, 7) is 5.98. The molecular weight excluding hydrogens is 390 g/mol. The number of hydrogen-bond acceptors (Lipinski definition) is 6. The molecule has 7 nitrogen and oxygen atoms in total. The summed E-state index contributed by atoms with van der Waals surface area (Å²) >= 11 is 0. The molecule has 2 atom stereocenters. The molecule has 1 aromatic heterocycles. The Labute approximate surface area is 184 Å². The van der Waals surface area contributed by atoms with E-state index in [9.17, 15) is 4.79 Å².